The molecular formula is C18H20N4O2. The minimum atomic E-state index is -0.396. The number of amides is 1. The number of aromatic nitrogens is 2. The Morgan fingerprint density at radius 2 is 1.62 bits per heavy atom. The largest absolute Gasteiger partial charge is 0.374 e. The van der Waals surface area contributed by atoms with Gasteiger partial charge in [0.15, 0.2) is 0 Å². The molecule has 0 aliphatic rings. The fourth-order valence-corrected chi connectivity index (χ4v) is 2.73. The third-order valence-electron chi connectivity index (χ3n) is 3.78. The van der Waals surface area contributed by atoms with Crippen molar-refractivity contribution in [2.45, 2.75) is 26.8 Å². The summed E-state index contributed by atoms with van der Waals surface area (Å²) in [5, 5.41) is 6.06. The molecule has 4 N–H and O–H groups in total. The first-order chi connectivity index (χ1) is 11.4. The molecule has 1 aromatic heterocycles. The number of H-pyrrole nitrogens is 2. The van der Waals surface area contributed by atoms with E-state index in [2.05, 4.69) is 26.7 Å². The summed E-state index contributed by atoms with van der Waals surface area (Å²) in [6.07, 6.45) is 0. The van der Waals surface area contributed by atoms with Gasteiger partial charge in [-0.1, -0.05) is 6.07 Å². The zero-order chi connectivity index (χ0) is 17.3. The normalized spacial score (nSPS) is 12.1. The molecule has 0 bridgehead atoms. The molecule has 0 aliphatic carbocycles. The molecule has 1 heterocycles. The Labute approximate surface area is 139 Å². The molecule has 124 valence electrons. The number of imidazole rings is 1. The van der Waals surface area contributed by atoms with Crippen molar-refractivity contribution in [2.75, 3.05) is 10.6 Å². The highest BCUT2D eigenvalue weighted by Gasteiger charge is 2.13. The Kier molecular flexibility index (Phi) is 4.12. The number of carbonyl (C=O) groups excluding carboxylic acids is 1. The van der Waals surface area contributed by atoms with Gasteiger partial charge in [-0.15, -0.1) is 0 Å². The van der Waals surface area contributed by atoms with E-state index in [0.717, 1.165) is 16.8 Å². The van der Waals surface area contributed by atoms with E-state index in [9.17, 15) is 9.59 Å². The van der Waals surface area contributed by atoms with Crippen LogP contribution in [0.15, 0.2) is 41.2 Å². The third-order valence-corrected chi connectivity index (χ3v) is 3.78. The number of fused-ring (bicyclic) bond motifs is 1. The van der Waals surface area contributed by atoms with Gasteiger partial charge in [0.05, 0.1) is 11.0 Å². The zero-order valence-corrected chi connectivity index (χ0v) is 13.9. The molecule has 3 aromatic rings. The standard InChI is InChI=1S/C18H20N4O2/c1-10-6-11(2)8-14(7-10)19-12(3)17(23)20-13-4-5-15-16(9-13)22-18(24)21-15/h4-9,12,19H,1-3H3,(H,20,23)(H2,21,22,24). The fourth-order valence-electron chi connectivity index (χ4n) is 2.73. The van der Waals surface area contributed by atoms with Gasteiger partial charge in [-0.3, -0.25) is 4.79 Å². The Balaban J connectivity index is 1.71. The Hall–Kier alpha value is -3.02. The van der Waals surface area contributed by atoms with Gasteiger partial charge < -0.3 is 20.6 Å². The summed E-state index contributed by atoms with van der Waals surface area (Å²) in [5.74, 6) is -0.147. The van der Waals surface area contributed by atoms with Crippen LogP contribution in [0.3, 0.4) is 0 Å². The van der Waals surface area contributed by atoms with E-state index in [4.69, 9.17) is 0 Å². The highest BCUT2D eigenvalue weighted by atomic mass is 16.2. The first kappa shape index (κ1) is 15.9. The van der Waals surface area contributed by atoms with Crippen molar-refractivity contribution < 1.29 is 4.79 Å². The van der Waals surface area contributed by atoms with Crippen molar-refractivity contribution in [3.63, 3.8) is 0 Å². The molecule has 1 amide bonds. The zero-order valence-electron chi connectivity index (χ0n) is 13.9. The average molecular weight is 324 g/mol. The van der Waals surface area contributed by atoms with E-state index >= 15 is 0 Å². The summed E-state index contributed by atoms with van der Waals surface area (Å²) in [6.45, 7) is 5.86. The van der Waals surface area contributed by atoms with Crippen molar-refractivity contribution in [1.82, 2.24) is 9.97 Å². The van der Waals surface area contributed by atoms with Crippen molar-refractivity contribution in [3.05, 3.63) is 58.0 Å². The van der Waals surface area contributed by atoms with Crippen molar-refractivity contribution in [3.8, 4) is 0 Å². The molecule has 0 aliphatic heterocycles. The SMILES string of the molecule is Cc1cc(C)cc(NC(C)C(=O)Nc2ccc3[nH]c(=O)[nH]c3c2)c1. The van der Waals surface area contributed by atoms with E-state index in [-0.39, 0.29) is 11.6 Å². The van der Waals surface area contributed by atoms with Gasteiger partial charge in [-0.05, 0) is 62.2 Å². The van der Waals surface area contributed by atoms with Crippen LogP contribution in [0.1, 0.15) is 18.1 Å². The third kappa shape index (κ3) is 3.48. The molecule has 0 saturated heterocycles. The highest BCUT2D eigenvalue weighted by molar-refractivity contribution is 5.97. The maximum Gasteiger partial charge on any atom is 0.323 e. The van der Waals surface area contributed by atoms with Crippen LogP contribution in [-0.4, -0.2) is 21.9 Å². The van der Waals surface area contributed by atoms with Gasteiger partial charge >= 0.3 is 5.69 Å². The number of aromatic amines is 2. The molecule has 6 heteroatoms. The molecule has 1 unspecified atom stereocenters. The maximum atomic E-state index is 12.4. The van der Waals surface area contributed by atoms with Gasteiger partial charge in [0, 0.05) is 11.4 Å². The second-order valence-corrected chi connectivity index (χ2v) is 6.07. The molecule has 2 aromatic carbocycles. The van der Waals surface area contributed by atoms with Crippen molar-refractivity contribution in [1.29, 1.82) is 0 Å². The lowest BCUT2D eigenvalue weighted by molar-refractivity contribution is -0.116. The van der Waals surface area contributed by atoms with Gasteiger partial charge in [0.1, 0.15) is 6.04 Å². The fraction of sp³-hybridized carbons (Fsp3) is 0.222. The quantitative estimate of drug-likeness (QED) is 0.595. The first-order valence-corrected chi connectivity index (χ1v) is 7.78. The molecule has 0 spiro atoms. The van der Waals surface area contributed by atoms with Crippen LogP contribution in [0.25, 0.3) is 11.0 Å². The Bertz CT molecular complexity index is 935. The molecular weight excluding hydrogens is 304 g/mol. The first-order valence-electron chi connectivity index (χ1n) is 7.78. The summed E-state index contributed by atoms with van der Waals surface area (Å²) in [5.41, 5.74) is 4.95. The summed E-state index contributed by atoms with van der Waals surface area (Å²) in [6, 6.07) is 10.9. The van der Waals surface area contributed by atoms with Crippen molar-refractivity contribution in [2.24, 2.45) is 0 Å². The van der Waals surface area contributed by atoms with E-state index in [1.54, 1.807) is 18.2 Å². The van der Waals surface area contributed by atoms with E-state index in [1.165, 1.54) is 0 Å². The second-order valence-electron chi connectivity index (χ2n) is 6.07. The van der Waals surface area contributed by atoms with Crippen LogP contribution in [0.5, 0.6) is 0 Å². The molecule has 6 nitrogen and oxygen atoms in total. The predicted molar refractivity (Wildman–Crippen MR) is 96.5 cm³/mol. The average Bonchev–Trinajstić information content (AvgIpc) is 2.85. The molecule has 24 heavy (non-hydrogen) atoms. The van der Waals surface area contributed by atoms with Gasteiger partial charge in [0.2, 0.25) is 5.91 Å². The number of hydrogen-bond donors (Lipinski definition) is 4. The lowest BCUT2D eigenvalue weighted by Crippen LogP contribution is -2.31. The number of carbonyl (C=O) groups is 1. The van der Waals surface area contributed by atoms with Gasteiger partial charge in [-0.25, -0.2) is 4.79 Å². The van der Waals surface area contributed by atoms with Gasteiger partial charge in [0.25, 0.3) is 0 Å². The van der Waals surface area contributed by atoms with Gasteiger partial charge in [-0.2, -0.15) is 0 Å². The minimum Gasteiger partial charge on any atom is -0.374 e. The summed E-state index contributed by atoms with van der Waals surface area (Å²) < 4.78 is 0. The molecule has 0 radical (unpaired) electrons. The topological polar surface area (TPSA) is 89.8 Å². The molecule has 0 fully saturated rings. The second kappa shape index (κ2) is 6.23. The number of nitrogens with one attached hydrogen (secondary N) is 4. The number of anilines is 2. The molecule has 1 atom stereocenters. The van der Waals surface area contributed by atoms with Crippen LogP contribution < -0.4 is 16.3 Å². The van der Waals surface area contributed by atoms with E-state index in [0.29, 0.717) is 16.7 Å². The number of benzene rings is 2. The Morgan fingerprint density at radius 3 is 2.33 bits per heavy atom. The van der Waals surface area contributed by atoms with E-state index < -0.39 is 6.04 Å². The predicted octanol–water partition coefficient (Wildman–Crippen LogP) is 2.91. The summed E-state index contributed by atoms with van der Waals surface area (Å²) in [7, 11) is 0. The molecule has 0 saturated carbocycles. The van der Waals surface area contributed by atoms with Crippen LogP contribution in [0, 0.1) is 13.8 Å². The van der Waals surface area contributed by atoms with E-state index in [1.807, 2.05) is 32.9 Å². The van der Waals surface area contributed by atoms with Crippen molar-refractivity contribution >= 4 is 28.3 Å². The van der Waals surface area contributed by atoms with Crippen LogP contribution >= 0.6 is 0 Å². The smallest absolute Gasteiger partial charge is 0.323 e. The van der Waals surface area contributed by atoms with Crippen LogP contribution in [0.2, 0.25) is 0 Å². The lowest BCUT2D eigenvalue weighted by atomic mass is 10.1. The molecule has 3 rings (SSSR count). The Morgan fingerprint density at radius 1 is 0.958 bits per heavy atom. The summed E-state index contributed by atoms with van der Waals surface area (Å²) in [4.78, 5) is 29.0. The van der Waals surface area contributed by atoms with Crippen LogP contribution in [0.4, 0.5) is 11.4 Å². The van der Waals surface area contributed by atoms with Crippen LogP contribution in [-0.2, 0) is 4.79 Å². The monoisotopic (exact) mass is 324 g/mol. The number of hydrogen-bond acceptors (Lipinski definition) is 3. The highest BCUT2D eigenvalue weighted by Crippen LogP contribution is 2.17. The number of rotatable bonds is 4. The summed E-state index contributed by atoms with van der Waals surface area (Å²) >= 11 is 0. The minimum absolute atomic E-state index is 0.147. The maximum absolute atomic E-state index is 12.4. The number of aryl methyl sites for hydroxylation is 2. The lowest BCUT2D eigenvalue weighted by Gasteiger charge is -2.16.